The van der Waals surface area contributed by atoms with E-state index in [9.17, 15) is 9.83 Å². The lowest BCUT2D eigenvalue weighted by Crippen LogP contribution is -2.65. The second-order valence-electron chi connectivity index (χ2n) is 15.6. The summed E-state index contributed by atoms with van der Waals surface area (Å²) < 4.78 is 82.1. The number of halogens is 1. The molecule has 15 heteroatoms. The van der Waals surface area contributed by atoms with Crippen LogP contribution in [-0.2, 0) is 52.3 Å². The maximum absolute atomic E-state index is 14.8. The lowest BCUT2D eigenvalue weighted by molar-refractivity contribution is -0.308. The first-order valence-corrected chi connectivity index (χ1v) is 22.3. The Bertz CT molecular complexity index is 2040. The normalized spacial score (nSPS) is 29.1. The van der Waals surface area contributed by atoms with Crippen molar-refractivity contribution in [3.63, 3.8) is 0 Å². The van der Waals surface area contributed by atoms with Crippen LogP contribution in [0.5, 0.6) is 11.5 Å². The third-order valence-corrected chi connectivity index (χ3v) is 13.8. The standard InChI is InChI=1S/C44H48ClN2O11P/c1-3-5-28-50-59(48,51-29-12-25-46)58-41-39-36(54-43(55-39)21-10-11-22-43)37-38(57-44(56-37)32-13-6-8-15-34(32)52-35-16-9-7-14-33(35)44)40(41)53-42(49-4-2)23-26-47(27-24-42)31-19-17-30(45)18-20-31/h1,6-9,13-20,36-41H,4-5,10-12,21-24,26-29H2,2H3/t36-,37-,38+,39-,40-,41-,59?/m1/s1. The molecule has 0 aromatic heterocycles. The number of phosphoric ester groups is 1. The van der Waals surface area contributed by atoms with Gasteiger partial charge >= 0.3 is 7.82 Å². The number of hydrogen-bond donors (Lipinski definition) is 0. The lowest BCUT2D eigenvalue weighted by Gasteiger charge is -2.49. The molecule has 59 heavy (non-hydrogen) atoms. The van der Waals surface area contributed by atoms with E-state index < -0.39 is 61.8 Å². The average Bonchev–Trinajstić information content (AvgIpc) is 3.98. The fourth-order valence-electron chi connectivity index (χ4n) is 9.40. The van der Waals surface area contributed by atoms with Gasteiger partial charge in [-0.25, -0.2) is 4.57 Å². The molecule has 0 bridgehead atoms. The Balaban J connectivity index is 1.15. The number of phosphoric acid groups is 1. The van der Waals surface area contributed by atoms with E-state index in [0.717, 1.165) is 18.5 Å². The number of terminal acetylenes is 1. The number of ether oxygens (including phenoxy) is 7. The average molecular weight is 847 g/mol. The number of benzene rings is 3. The second-order valence-corrected chi connectivity index (χ2v) is 17.7. The number of piperidine rings is 1. The fourth-order valence-corrected chi connectivity index (χ4v) is 10.9. The fraction of sp³-hybridized carbons (Fsp3) is 0.523. The van der Waals surface area contributed by atoms with E-state index in [2.05, 4.69) is 10.8 Å². The van der Waals surface area contributed by atoms with Crippen LogP contribution >= 0.6 is 19.4 Å². The summed E-state index contributed by atoms with van der Waals surface area (Å²) in [7, 11) is -4.44. The van der Waals surface area contributed by atoms with Crippen molar-refractivity contribution in [2.75, 3.05) is 37.8 Å². The molecule has 4 aliphatic heterocycles. The highest BCUT2D eigenvalue weighted by Gasteiger charge is 2.70. The molecule has 3 aromatic rings. The first-order valence-electron chi connectivity index (χ1n) is 20.5. The summed E-state index contributed by atoms with van der Waals surface area (Å²) in [5.74, 6) is 0.156. The number of para-hydroxylation sites is 2. The Morgan fingerprint density at radius 1 is 0.814 bits per heavy atom. The Kier molecular flexibility index (Phi) is 11.6. The zero-order chi connectivity index (χ0) is 40.7. The molecule has 3 saturated heterocycles. The third kappa shape index (κ3) is 7.71. The molecular weight excluding hydrogens is 799 g/mol. The van der Waals surface area contributed by atoms with Crippen LogP contribution in [0.25, 0.3) is 0 Å². The van der Waals surface area contributed by atoms with E-state index in [0.29, 0.717) is 73.0 Å². The molecule has 5 fully saturated rings. The molecule has 0 N–H and O–H groups in total. The van der Waals surface area contributed by atoms with Gasteiger partial charge in [-0.1, -0.05) is 35.9 Å². The van der Waals surface area contributed by atoms with Gasteiger partial charge in [0.2, 0.25) is 5.79 Å². The molecule has 0 radical (unpaired) electrons. The maximum atomic E-state index is 14.8. The van der Waals surface area contributed by atoms with Crippen molar-refractivity contribution >= 4 is 25.1 Å². The molecule has 6 aliphatic rings. The molecule has 3 aromatic carbocycles. The highest BCUT2D eigenvalue weighted by Crippen LogP contribution is 2.61. The van der Waals surface area contributed by atoms with Gasteiger partial charge in [-0.3, -0.25) is 13.6 Å². The second kappa shape index (κ2) is 16.7. The number of rotatable bonds is 13. The highest BCUT2D eigenvalue weighted by atomic mass is 35.5. The number of nitriles is 1. The summed E-state index contributed by atoms with van der Waals surface area (Å²) >= 11 is 6.23. The first kappa shape index (κ1) is 40.9. The highest BCUT2D eigenvalue weighted by molar-refractivity contribution is 7.48. The Hall–Kier alpha value is -3.53. The van der Waals surface area contributed by atoms with E-state index in [1.165, 1.54) is 0 Å². The van der Waals surface area contributed by atoms with Crippen LogP contribution in [0.4, 0.5) is 5.69 Å². The maximum Gasteiger partial charge on any atom is 0.475 e. The Morgan fingerprint density at radius 3 is 2.05 bits per heavy atom. The van der Waals surface area contributed by atoms with Gasteiger partial charge in [-0.2, -0.15) is 5.26 Å². The van der Waals surface area contributed by atoms with Crippen LogP contribution < -0.4 is 9.64 Å². The molecule has 2 spiro atoms. The number of anilines is 1. The van der Waals surface area contributed by atoms with Gasteiger partial charge in [0.1, 0.15) is 48.1 Å². The van der Waals surface area contributed by atoms with Gasteiger partial charge in [0.15, 0.2) is 11.6 Å². The Morgan fingerprint density at radius 2 is 1.41 bits per heavy atom. The number of nitrogens with zero attached hydrogens (tertiary/aromatic N) is 2. The van der Waals surface area contributed by atoms with Crippen molar-refractivity contribution in [3.8, 4) is 29.9 Å². The minimum atomic E-state index is -4.44. The predicted octanol–water partition coefficient (Wildman–Crippen LogP) is 8.38. The van der Waals surface area contributed by atoms with Gasteiger partial charge in [-0.05, 0) is 68.3 Å². The molecule has 1 unspecified atom stereocenters. The molecular formula is C44H48ClN2O11P. The zero-order valence-electron chi connectivity index (χ0n) is 32.9. The third-order valence-electron chi connectivity index (χ3n) is 12.0. The zero-order valence-corrected chi connectivity index (χ0v) is 34.5. The van der Waals surface area contributed by atoms with Crippen LogP contribution in [0, 0.1) is 23.7 Å². The molecule has 7 atom stereocenters. The van der Waals surface area contributed by atoms with Gasteiger partial charge in [0.25, 0.3) is 0 Å². The van der Waals surface area contributed by atoms with E-state index in [-0.39, 0.29) is 26.1 Å². The van der Waals surface area contributed by atoms with Crippen LogP contribution in [0.1, 0.15) is 69.4 Å². The predicted molar refractivity (Wildman–Crippen MR) is 215 cm³/mol. The molecule has 4 heterocycles. The largest absolute Gasteiger partial charge is 0.475 e. The minimum Gasteiger partial charge on any atom is -0.456 e. The van der Waals surface area contributed by atoms with Gasteiger partial charge < -0.3 is 38.1 Å². The lowest BCUT2D eigenvalue weighted by atomic mass is 9.84. The quantitative estimate of drug-likeness (QED) is 0.0706. The Labute approximate surface area is 349 Å². The first-order chi connectivity index (χ1) is 28.7. The van der Waals surface area contributed by atoms with Crippen LogP contribution in [0.3, 0.4) is 0 Å². The topological polar surface area (TPSA) is 136 Å². The van der Waals surface area contributed by atoms with Crippen molar-refractivity contribution in [2.45, 2.75) is 112 Å². The van der Waals surface area contributed by atoms with E-state index >= 15 is 0 Å². The number of hydrogen-bond acceptors (Lipinski definition) is 13. The van der Waals surface area contributed by atoms with E-state index in [4.69, 9.17) is 64.8 Å². The molecule has 9 rings (SSSR count). The molecule has 2 aliphatic carbocycles. The van der Waals surface area contributed by atoms with Crippen LogP contribution in [-0.4, -0.2) is 81.1 Å². The SMILES string of the molecule is C#CCCOP(=O)(OCCC#N)O[C@H]1[C@H](OC2(OCC)CCN(c3ccc(Cl)cc3)CC2)[C@H]2OC3(O[C@@H]2[C@H]2OC4(CCCC4)O[C@H]21)c1ccccc1Oc1ccccc13. The van der Waals surface area contributed by atoms with Crippen LogP contribution in [0.15, 0.2) is 72.8 Å². The van der Waals surface area contributed by atoms with Crippen molar-refractivity contribution in [1.82, 2.24) is 0 Å². The van der Waals surface area contributed by atoms with Crippen molar-refractivity contribution < 1.29 is 51.3 Å². The van der Waals surface area contributed by atoms with Gasteiger partial charge in [0.05, 0.1) is 36.8 Å². The van der Waals surface area contributed by atoms with Crippen LogP contribution in [0.2, 0.25) is 5.02 Å². The monoisotopic (exact) mass is 846 g/mol. The molecule has 13 nitrogen and oxygen atoms in total. The molecule has 2 saturated carbocycles. The molecule has 312 valence electrons. The smallest absolute Gasteiger partial charge is 0.456 e. The van der Waals surface area contributed by atoms with Crippen molar-refractivity contribution in [2.24, 2.45) is 0 Å². The van der Waals surface area contributed by atoms with Crippen molar-refractivity contribution in [1.29, 1.82) is 5.26 Å². The summed E-state index contributed by atoms with van der Waals surface area (Å²) in [6, 6.07) is 25.0. The van der Waals surface area contributed by atoms with E-state index in [1.807, 2.05) is 85.8 Å². The summed E-state index contributed by atoms with van der Waals surface area (Å²) in [5.41, 5.74) is 2.38. The van der Waals surface area contributed by atoms with Gasteiger partial charge in [0, 0.05) is 62.5 Å². The van der Waals surface area contributed by atoms with Crippen molar-refractivity contribution in [3.05, 3.63) is 88.9 Å². The number of fused-ring (bicyclic) bond motifs is 7. The minimum absolute atomic E-state index is 0.0478. The van der Waals surface area contributed by atoms with Gasteiger partial charge in [-0.15, -0.1) is 12.3 Å². The summed E-state index contributed by atoms with van der Waals surface area (Å²) in [6.07, 6.45) is 4.22. The summed E-state index contributed by atoms with van der Waals surface area (Å²) in [6.45, 7) is 3.17. The molecule has 0 amide bonds. The summed E-state index contributed by atoms with van der Waals surface area (Å²) in [4.78, 5) is 2.26. The summed E-state index contributed by atoms with van der Waals surface area (Å²) in [5, 5.41) is 10.0. The van der Waals surface area contributed by atoms with E-state index in [1.54, 1.807) is 0 Å².